The Labute approximate surface area is 120 Å². The van der Waals surface area contributed by atoms with Crippen molar-refractivity contribution >= 4 is 0 Å². The molecule has 1 N–H and O–H groups in total. The van der Waals surface area contributed by atoms with Gasteiger partial charge in [0.15, 0.2) is 0 Å². The summed E-state index contributed by atoms with van der Waals surface area (Å²) in [4.78, 5) is 2.40. The van der Waals surface area contributed by atoms with Crippen LogP contribution in [0.2, 0.25) is 0 Å². The molecule has 1 fully saturated rings. The summed E-state index contributed by atoms with van der Waals surface area (Å²) < 4.78 is 13.7. The van der Waals surface area contributed by atoms with Crippen LogP contribution in [0.15, 0.2) is 18.2 Å². The Bertz CT molecular complexity index is 475. The summed E-state index contributed by atoms with van der Waals surface area (Å²) in [5.41, 5.74) is 0.986. The molecule has 0 heterocycles. The Morgan fingerprint density at radius 1 is 1.40 bits per heavy atom. The number of nitriles is 1. The summed E-state index contributed by atoms with van der Waals surface area (Å²) in [5.74, 6) is -0.305. The maximum absolute atomic E-state index is 13.7. The van der Waals surface area contributed by atoms with Crippen LogP contribution in [0.5, 0.6) is 0 Å². The second-order valence-corrected chi connectivity index (χ2v) is 5.51. The Morgan fingerprint density at radius 2 is 2.15 bits per heavy atom. The monoisotopic (exact) mass is 275 g/mol. The molecule has 1 aromatic rings. The van der Waals surface area contributed by atoms with Gasteiger partial charge in [-0.15, -0.1) is 0 Å². The molecule has 20 heavy (non-hydrogen) atoms. The molecule has 108 valence electrons. The van der Waals surface area contributed by atoms with Gasteiger partial charge in [-0.1, -0.05) is 18.9 Å². The Kier molecular flexibility index (Phi) is 5.51. The number of hydrogen-bond acceptors (Lipinski definition) is 3. The molecule has 1 aromatic carbocycles. The lowest BCUT2D eigenvalue weighted by Gasteiger charge is -2.24. The fourth-order valence-corrected chi connectivity index (χ4v) is 2.77. The van der Waals surface area contributed by atoms with Crippen molar-refractivity contribution in [1.29, 1.82) is 5.26 Å². The molecule has 0 aliphatic heterocycles. The zero-order valence-electron chi connectivity index (χ0n) is 12.0. The van der Waals surface area contributed by atoms with E-state index in [9.17, 15) is 4.39 Å². The van der Waals surface area contributed by atoms with E-state index in [1.165, 1.54) is 31.7 Å². The van der Waals surface area contributed by atoms with Crippen LogP contribution in [0, 0.1) is 17.1 Å². The summed E-state index contributed by atoms with van der Waals surface area (Å²) >= 11 is 0. The van der Waals surface area contributed by atoms with Crippen molar-refractivity contribution < 1.29 is 4.39 Å². The highest BCUT2D eigenvalue weighted by Gasteiger charge is 2.18. The molecule has 0 aromatic heterocycles. The van der Waals surface area contributed by atoms with Crippen LogP contribution in [0.3, 0.4) is 0 Å². The minimum absolute atomic E-state index is 0.305. The van der Waals surface area contributed by atoms with Crippen LogP contribution in [-0.4, -0.2) is 31.1 Å². The summed E-state index contributed by atoms with van der Waals surface area (Å²) in [7, 11) is 2.17. The predicted octanol–water partition coefficient (Wildman–Crippen LogP) is 2.66. The van der Waals surface area contributed by atoms with Crippen molar-refractivity contribution in [2.24, 2.45) is 0 Å². The van der Waals surface area contributed by atoms with E-state index < -0.39 is 0 Å². The summed E-state index contributed by atoms with van der Waals surface area (Å²) in [6.07, 6.45) is 5.30. The highest BCUT2D eigenvalue weighted by Crippen LogP contribution is 2.21. The van der Waals surface area contributed by atoms with Crippen molar-refractivity contribution in [2.75, 3.05) is 20.1 Å². The van der Waals surface area contributed by atoms with E-state index in [2.05, 4.69) is 17.3 Å². The van der Waals surface area contributed by atoms with Gasteiger partial charge in [0.2, 0.25) is 0 Å². The largest absolute Gasteiger partial charge is 0.311 e. The highest BCUT2D eigenvalue weighted by atomic mass is 19.1. The first-order valence-corrected chi connectivity index (χ1v) is 7.30. The van der Waals surface area contributed by atoms with E-state index in [0.717, 1.165) is 19.1 Å². The molecule has 0 radical (unpaired) electrons. The number of halogens is 1. The summed E-state index contributed by atoms with van der Waals surface area (Å²) in [5, 5.41) is 12.0. The third kappa shape index (κ3) is 4.03. The number of nitrogens with one attached hydrogen (secondary N) is 1. The number of nitrogens with zero attached hydrogens (tertiary/aromatic N) is 2. The van der Waals surface area contributed by atoms with Gasteiger partial charge in [-0.05, 0) is 32.0 Å². The lowest BCUT2D eigenvalue weighted by molar-refractivity contribution is 0.245. The summed E-state index contributed by atoms with van der Waals surface area (Å²) in [6, 6.07) is 7.30. The maximum Gasteiger partial charge on any atom is 0.129 e. The Balaban J connectivity index is 1.72. The highest BCUT2D eigenvalue weighted by molar-refractivity contribution is 5.32. The molecule has 0 atom stereocenters. The fraction of sp³-hybridized carbons (Fsp3) is 0.562. The van der Waals surface area contributed by atoms with Crippen LogP contribution in [-0.2, 0) is 6.54 Å². The SMILES string of the molecule is CN(CCNCc1ccc(C#N)cc1F)C1CCCC1. The first-order valence-electron chi connectivity index (χ1n) is 7.30. The van der Waals surface area contributed by atoms with E-state index in [0.29, 0.717) is 17.7 Å². The lowest BCUT2D eigenvalue weighted by Crippen LogP contribution is -2.35. The van der Waals surface area contributed by atoms with Gasteiger partial charge in [0.05, 0.1) is 11.6 Å². The second kappa shape index (κ2) is 7.37. The van der Waals surface area contributed by atoms with Crippen LogP contribution < -0.4 is 5.32 Å². The molecule has 1 saturated carbocycles. The van der Waals surface area contributed by atoms with Crippen LogP contribution in [0.4, 0.5) is 4.39 Å². The van der Waals surface area contributed by atoms with E-state index in [1.807, 2.05) is 6.07 Å². The number of benzene rings is 1. The molecular weight excluding hydrogens is 253 g/mol. The minimum Gasteiger partial charge on any atom is -0.311 e. The standard InChI is InChI=1S/C16H22FN3/c1-20(15-4-2-3-5-15)9-8-19-12-14-7-6-13(11-18)10-16(14)17/h6-7,10,15,19H,2-5,8-9,12H2,1H3. The van der Waals surface area contributed by atoms with Gasteiger partial charge < -0.3 is 10.2 Å². The normalized spacial score (nSPS) is 15.7. The first-order chi connectivity index (χ1) is 9.70. The van der Waals surface area contributed by atoms with Crippen molar-refractivity contribution in [3.05, 3.63) is 35.1 Å². The van der Waals surface area contributed by atoms with Crippen LogP contribution >= 0.6 is 0 Å². The van der Waals surface area contributed by atoms with E-state index in [4.69, 9.17) is 5.26 Å². The fourth-order valence-electron chi connectivity index (χ4n) is 2.77. The van der Waals surface area contributed by atoms with Gasteiger partial charge in [0.1, 0.15) is 5.82 Å². The van der Waals surface area contributed by atoms with Gasteiger partial charge in [0.25, 0.3) is 0 Å². The van der Waals surface area contributed by atoms with E-state index in [1.54, 1.807) is 12.1 Å². The van der Waals surface area contributed by atoms with Crippen LogP contribution in [0.1, 0.15) is 36.8 Å². The van der Waals surface area contributed by atoms with Gasteiger partial charge >= 0.3 is 0 Å². The van der Waals surface area contributed by atoms with Crippen LogP contribution in [0.25, 0.3) is 0 Å². The zero-order chi connectivity index (χ0) is 14.4. The molecule has 4 heteroatoms. The predicted molar refractivity (Wildman–Crippen MR) is 77.7 cm³/mol. The maximum atomic E-state index is 13.7. The number of hydrogen-bond donors (Lipinski definition) is 1. The molecule has 0 amide bonds. The van der Waals surface area contributed by atoms with Gasteiger partial charge in [-0.25, -0.2) is 4.39 Å². The van der Waals surface area contributed by atoms with E-state index in [-0.39, 0.29) is 5.82 Å². The molecular formula is C16H22FN3. The summed E-state index contributed by atoms with van der Waals surface area (Å²) in [6.45, 7) is 2.35. The third-order valence-corrected chi connectivity index (χ3v) is 4.09. The van der Waals surface area contributed by atoms with Crippen molar-refractivity contribution in [2.45, 2.75) is 38.3 Å². The van der Waals surface area contributed by atoms with Gasteiger partial charge in [-0.3, -0.25) is 0 Å². The molecule has 0 bridgehead atoms. The van der Waals surface area contributed by atoms with Gasteiger partial charge in [-0.2, -0.15) is 5.26 Å². The zero-order valence-corrected chi connectivity index (χ0v) is 12.0. The Hall–Kier alpha value is -1.44. The molecule has 0 saturated heterocycles. The molecule has 0 spiro atoms. The lowest BCUT2D eigenvalue weighted by atomic mass is 10.1. The molecule has 2 rings (SSSR count). The van der Waals surface area contributed by atoms with Crippen molar-refractivity contribution in [1.82, 2.24) is 10.2 Å². The third-order valence-electron chi connectivity index (χ3n) is 4.09. The smallest absolute Gasteiger partial charge is 0.129 e. The average molecular weight is 275 g/mol. The quantitative estimate of drug-likeness (QED) is 0.811. The van der Waals surface area contributed by atoms with Crippen molar-refractivity contribution in [3.63, 3.8) is 0 Å². The van der Waals surface area contributed by atoms with Crippen molar-refractivity contribution in [3.8, 4) is 6.07 Å². The van der Waals surface area contributed by atoms with E-state index >= 15 is 0 Å². The second-order valence-electron chi connectivity index (χ2n) is 5.51. The van der Waals surface area contributed by atoms with Gasteiger partial charge in [0, 0.05) is 31.2 Å². The Morgan fingerprint density at radius 3 is 2.80 bits per heavy atom. The number of likely N-dealkylation sites (N-methyl/N-ethyl adjacent to an activating group) is 1. The molecule has 1 aliphatic carbocycles. The molecule has 1 aliphatic rings. The minimum atomic E-state index is -0.305. The number of rotatable bonds is 6. The molecule has 0 unspecified atom stereocenters. The topological polar surface area (TPSA) is 39.1 Å². The molecule has 3 nitrogen and oxygen atoms in total. The average Bonchev–Trinajstić information content (AvgIpc) is 2.98. The first kappa shape index (κ1) is 15.0.